The van der Waals surface area contributed by atoms with E-state index >= 15 is 0 Å². The Kier molecular flexibility index (Phi) is 4.59. The summed E-state index contributed by atoms with van der Waals surface area (Å²) in [5, 5.41) is 3.23. The number of nitrogens with one attached hydrogen (secondary N) is 1. The summed E-state index contributed by atoms with van der Waals surface area (Å²) in [7, 11) is 0. The highest BCUT2D eigenvalue weighted by Gasteiger charge is 2.27. The number of nitrogens with two attached hydrogens (primary N) is 1. The van der Waals surface area contributed by atoms with Crippen LogP contribution in [-0.2, 0) is 4.74 Å². The van der Waals surface area contributed by atoms with Crippen LogP contribution >= 0.6 is 0 Å². The zero-order chi connectivity index (χ0) is 14.6. The second-order valence-corrected chi connectivity index (χ2v) is 5.74. The molecule has 0 spiro atoms. The third-order valence-corrected chi connectivity index (χ3v) is 3.35. The Morgan fingerprint density at radius 1 is 1.30 bits per heavy atom. The second kappa shape index (κ2) is 6.21. The molecule has 0 aromatic carbocycles. The monoisotopic (exact) mass is 281 g/mol. The van der Waals surface area contributed by atoms with Crippen LogP contribution in [0.3, 0.4) is 0 Å². The van der Waals surface area contributed by atoms with Gasteiger partial charge in [-0.25, -0.2) is 0 Å². The summed E-state index contributed by atoms with van der Waals surface area (Å²) in [4.78, 5) is 12.3. The van der Waals surface area contributed by atoms with E-state index in [9.17, 15) is 0 Å². The van der Waals surface area contributed by atoms with Crippen LogP contribution in [0.2, 0.25) is 0 Å². The van der Waals surface area contributed by atoms with E-state index in [0.717, 1.165) is 32.6 Å². The molecule has 7 heteroatoms. The third-order valence-electron chi connectivity index (χ3n) is 3.35. The van der Waals surface area contributed by atoms with Crippen LogP contribution < -0.4 is 15.8 Å². The Balaban J connectivity index is 1.99. The van der Waals surface area contributed by atoms with Crippen molar-refractivity contribution in [3.05, 3.63) is 0 Å². The van der Waals surface area contributed by atoms with E-state index in [0.29, 0.717) is 5.95 Å². The molecule has 0 radical (unpaired) electrons. The zero-order valence-corrected chi connectivity index (χ0v) is 12.3. The average Bonchev–Trinajstić information content (AvgIpc) is 2.36. The predicted octanol–water partition coefficient (Wildman–Crippen LogP) is 1.47. The molecule has 2 heterocycles. The highest BCUT2D eigenvalue weighted by Crippen LogP contribution is 2.29. The molecule has 0 atom stereocenters. The van der Waals surface area contributed by atoms with Crippen molar-refractivity contribution in [3.8, 4) is 6.01 Å². The molecule has 1 fully saturated rings. The Hall–Kier alpha value is -1.63. The van der Waals surface area contributed by atoms with Crippen molar-refractivity contribution in [1.29, 1.82) is 0 Å². The Bertz CT molecular complexity index is 446. The maximum absolute atomic E-state index is 5.67. The number of rotatable bonds is 5. The molecule has 112 valence electrons. The maximum atomic E-state index is 5.67. The minimum atomic E-state index is -0.00217. The predicted molar refractivity (Wildman–Crippen MR) is 76.7 cm³/mol. The molecule has 1 aliphatic rings. The van der Waals surface area contributed by atoms with Gasteiger partial charge in [0.25, 0.3) is 0 Å². The highest BCUT2D eigenvalue weighted by molar-refractivity contribution is 5.32. The van der Waals surface area contributed by atoms with Crippen LogP contribution in [0.1, 0.15) is 33.6 Å². The molecule has 0 amide bonds. The van der Waals surface area contributed by atoms with Gasteiger partial charge in [-0.2, -0.15) is 15.0 Å². The lowest BCUT2D eigenvalue weighted by Crippen LogP contribution is -2.33. The quantitative estimate of drug-likeness (QED) is 0.843. The van der Waals surface area contributed by atoms with Crippen molar-refractivity contribution >= 4 is 11.9 Å². The first-order chi connectivity index (χ1) is 9.47. The van der Waals surface area contributed by atoms with Gasteiger partial charge in [-0.1, -0.05) is 6.92 Å². The largest absolute Gasteiger partial charge is 0.461 e. The molecule has 1 aliphatic heterocycles. The van der Waals surface area contributed by atoms with Gasteiger partial charge in [-0.3, -0.25) is 0 Å². The summed E-state index contributed by atoms with van der Waals surface area (Å²) in [5.74, 6) is 0.621. The van der Waals surface area contributed by atoms with Crippen LogP contribution in [0.5, 0.6) is 6.01 Å². The van der Waals surface area contributed by atoms with Gasteiger partial charge < -0.3 is 20.5 Å². The number of ether oxygens (including phenoxy) is 2. The zero-order valence-electron chi connectivity index (χ0n) is 12.3. The Morgan fingerprint density at radius 3 is 2.65 bits per heavy atom. The van der Waals surface area contributed by atoms with Gasteiger partial charge >= 0.3 is 6.01 Å². The summed E-state index contributed by atoms with van der Waals surface area (Å²) in [6.45, 7) is 8.45. The number of nitrogen functional groups attached to an aromatic ring is 1. The fourth-order valence-corrected chi connectivity index (χ4v) is 2.05. The number of aromatic nitrogens is 3. The van der Waals surface area contributed by atoms with Crippen LogP contribution in [0.25, 0.3) is 0 Å². The number of anilines is 2. The van der Waals surface area contributed by atoms with Crippen molar-refractivity contribution in [1.82, 2.24) is 15.0 Å². The van der Waals surface area contributed by atoms with Crippen LogP contribution in [0, 0.1) is 5.41 Å². The number of nitrogens with zero attached hydrogens (tertiary/aromatic N) is 3. The standard InChI is InChI=1S/C13H23N5O2/c1-9(2)20-12-17-10(14)16-11(18-12)15-8-13(3)4-6-19-7-5-13/h9H,4-8H2,1-3H3,(H3,14,15,16,17,18). The van der Waals surface area contributed by atoms with Crippen molar-refractivity contribution in [3.63, 3.8) is 0 Å². The molecule has 0 unspecified atom stereocenters. The molecular weight excluding hydrogens is 258 g/mol. The van der Waals surface area contributed by atoms with E-state index in [1.807, 2.05) is 13.8 Å². The van der Waals surface area contributed by atoms with E-state index in [1.54, 1.807) is 0 Å². The lowest BCUT2D eigenvalue weighted by Gasteiger charge is -2.33. The van der Waals surface area contributed by atoms with Crippen molar-refractivity contribution in [2.45, 2.75) is 39.7 Å². The molecule has 20 heavy (non-hydrogen) atoms. The molecule has 7 nitrogen and oxygen atoms in total. The normalized spacial score (nSPS) is 18.0. The van der Waals surface area contributed by atoms with Crippen molar-refractivity contribution in [2.75, 3.05) is 30.8 Å². The first-order valence-electron chi connectivity index (χ1n) is 6.97. The Morgan fingerprint density at radius 2 is 2.00 bits per heavy atom. The topological polar surface area (TPSA) is 95.2 Å². The first kappa shape index (κ1) is 14.8. The van der Waals surface area contributed by atoms with E-state index < -0.39 is 0 Å². The van der Waals surface area contributed by atoms with Gasteiger partial charge in [-0.05, 0) is 32.1 Å². The molecule has 0 aliphatic carbocycles. The fourth-order valence-electron chi connectivity index (χ4n) is 2.05. The van der Waals surface area contributed by atoms with Gasteiger partial charge in [0.2, 0.25) is 11.9 Å². The third kappa shape index (κ3) is 4.19. The SMILES string of the molecule is CC(C)Oc1nc(N)nc(NCC2(C)CCOCC2)n1. The molecule has 0 bridgehead atoms. The first-order valence-corrected chi connectivity index (χ1v) is 6.97. The summed E-state index contributed by atoms with van der Waals surface area (Å²) < 4.78 is 10.8. The van der Waals surface area contributed by atoms with Gasteiger partial charge in [0.05, 0.1) is 6.10 Å². The van der Waals surface area contributed by atoms with E-state index in [2.05, 4.69) is 27.2 Å². The minimum absolute atomic E-state index is 0.00217. The lowest BCUT2D eigenvalue weighted by molar-refractivity contribution is 0.0299. The van der Waals surface area contributed by atoms with Gasteiger partial charge in [0.15, 0.2) is 0 Å². The van der Waals surface area contributed by atoms with Gasteiger partial charge in [0.1, 0.15) is 0 Å². The van der Waals surface area contributed by atoms with Gasteiger partial charge in [-0.15, -0.1) is 0 Å². The number of hydrogen-bond donors (Lipinski definition) is 2. The van der Waals surface area contributed by atoms with Gasteiger partial charge in [0, 0.05) is 19.8 Å². The average molecular weight is 281 g/mol. The van der Waals surface area contributed by atoms with E-state index in [4.69, 9.17) is 15.2 Å². The molecular formula is C13H23N5O2. The number of hydrogen-bond acceptors (Lipinski definition) is 7. The molecule has 1 aromatic heterocycles. The molecule has 0 saturated carbocycles. The summed E-state index contributed by atoms with van der Waals surface area (Å²) in [6, 6.07) is 0.257. The smallest absolute Gasteiger partial charge is 0.323 e. The lowest BCUT2D eigenvalue weighted by atomic mass is 9.82. The summed E-state index contributed by atoms with van der Waals surface area (Å²) in [5.41, 5.74) is 5.87. The second-order valence-electron chi connectivity index (χ2n) is 5.74. The summed E-state index contributed by atoms with van der Waals surface area (Å²) >= 11 is 0. The maximum Gasteiger partial charge on any atom is 0.323 e. The van der Waals surface area contributed by atoms with Crippen molar-refractivity contribution in [2.24, 2.45) is 5.41 Å². The van der Waals surface area contributed by atoms with Crippen LogP contribution in [0.4, 0.5) is 11.9 Å². The van der Waals surface area contributed by atoms with E-state index in [1.165, 1.54) is 0 Å². The van der Waals surface area contributed by atoms with Crippen molar-refractivity contribution < 1.29 is 9.47 Å². The minimum Gasteiger partial charge on any atom is -0.461 e. The summed E-state index contributed by atoms with van der Waals surface area (Å²) in [6.07, 6.45) is 2.05. The van der Waals surface area contributed by atoms with E-state index in [-0.39, 0.29) is 23.5 Å². The molecule has 2 rings (SSSR count). The fraction of sp³-hybridized carbons (Fsp3) is 0.769. The Labute approximate surface area is 119 Å². The van der Waals surface area contributed by atoms with Crippen LogP contribution in [-0.4, -0.2) is 40.8 Å². The molecule has 1 saturated heterocycles. The van der Waals surface area contributed by atoms with Crippen LogP contribution in [0.15, 0.2) is 0 Å². The molecule has 1 aromatic rings. The molecule has 3 N–H and O–H groups in total. The highest BCUT2D eigenvalue weighted by atomic mass is 16.5.